The van der Waals surface area contributed by atoms with Crippen LogP contribution in [0.15, 0.2) is 24.3 Å². The number of carbonyl (C=O) groups excluding carboxylic acids is 1. The Morgan fingerprint density at radius 3 is 2.62 bits per heavy atom. The topological polar surface area (TPSA) is 101 Å². The van der Waals surface area contributed by atoms with Crippen molar-refractivity contribution in [1.82, 2.24) is 10.0 Å². The molecule has 1 rings (SSSR count). The van der Waals surface area contributed by atoms with E-state index >= 15 is 0 Å². The number of hydrogen-bond donors (Lipinski definition) is 3. The molecule has 6 nitrogen and oxygen atoms in total. The maximum Gasteiger partial charge on any atom is 0.235 e. The van der Waals surface area contributed by atoms with E-state index in [1.165, 1.54) is 0 Å². The van der Waals surface area contributed by atoms with Crippen LogP contribution in [0.25, 0.3) is 0 Å². The second-order valence-corrected chi connectivity index (χ2v) is 6.70. The van der Waals surface area contributed by atoms with E-state index in [0.717, 1.165) is 6.42 Å². The minimum absolute atomic E-state index is 0.140. The maximum absolute atomic E-state index is 12.0. The molecular formula is C13H19N3O3S2. The summed E-state index contributed by atoms with van der Waals surface area (Å²) in [6.45, 7) is 2.15. The zero-order chi connectivity index (χ0) is 15.9. The standard InChI is InChI=1S/C13H19N3O3S2/c1-2-7-15-12(17)8-16-21(18,19)9-10-5-3-4-6-11(10)13(14)20/h3-6,16H,2,7-9H2,1H3,(H2,14,20)(H,15,17). The van der Waals surface area contributed by atoms with Gasteiger partial charge in [0.15, 0.2) is 0 Å². The summed E-state index contributed by atoms with van der Waals surface area (Å²) < 4.78 is 26.2. The van der Waals surface area contributed by atoms with Crippen molar-refractivity contribution < 1.29 is 13.2 Å². The number of nitrogens with one attached hydrogen (secondary N) is 2. The Labute approximate surface area is 130 Å². The molecule has 0 atom stereocenters. The zero-order valence-corrected chi connectivity index (χ0v) is 13.4. The molecule has 1 amide bonds. The average molecular weight is 329 g/mol. The number of nitrogens with two attached hydrogens (primary N) is 1. The summed E-state index contributed by atoms with van der Waals surface area (Å²) in [4.78, 5) is 11.5. The van der Waals surface area contributed by atoms with E-state index in [-0.39, 0.29) is 23.2 Å². The third kappa shape index (κ3) is 6.19. The quantitative estimate of drug-likeness (QED) is 0.594. The van der Waals surface area contributed by atoms with Crippen LogP contribution < -0.4 is 15.8 Å². The van der Waals surface area contributed by atoms with Crippen molar-refractivity contribution in [3.8, 4) is 0 Å². The number of thiocarbonyl (C=S) groups is 1. The Bertz CT molecular complexity index is 615. The van der Waals surface area contributed by atoms with Crippen LogP contribution >= 0.6 is 12.2 Å². The summed E-state index contributed by atoms with van der Waals surface area (Å²) in [7, 11) is -3.64. The summed E-state index contributed by atoms with van der Waals surface area (Å²) in [5, 5.41) is 2.59. The highest BCUT2D eigenvalue weighted by Crippen LogP contribution is 2.11. The fourth-order valence-electron chi connectivity index (χ4n) is 1.64. The highest BCUT2D eigenvalue weighted by Gasteiger charge is 2.16. The van der Waals surface area contributed by atoms with E-state index in [1.807, 2.05) is 6.92 Å². The van der Waals surface area contributed by atoms with E-state index in [9.17, 15) is 13.2 Å². The van der Waals surface area contributed by atoms with Gasteiger partial charge in [-0.3, -0.25) is 4.79 Å². The molecule has 0 radical (unpaired) electrons. The zero-order valence-electron chi connectivity index (χ0n) is 11.8. The van der Waals surface area contributed by atoms with Gasteiger partial charge in [0.1, 0.15) is 4.99 Å². The van der Waals surface area contributed by atoms with Crippen molar-refractivity contribution in [3.05, 3.63) is 35.4 Å². The fourth-order valence-corrected chi connectivity index (χ4v) is 2.96. The molecule has 0 bridgehead atoms. The summed E-state index contributed by atoms with van der Waals surface area (Å²) in [5.74, 6) is -0.635. The molecular weight excluding hydrogens is 310 g/mol. The van der Waals surface area contributed by atoms with Crippen LogP contribution in [0.1, 0.15) is 24.5 Å². The van der Waals surface area contributed by atoms with Crippen molar-refractivity contribution in [3.63, 3.8) is 0 Å². The van der Waals surface area contributed by atoms with Gasteiger partial charge in [-0.1, -0.05) is 43.4 Å². The Hall–Kier alpha value is -1.51. The molecule has 0 saturated carbocycles. The predicted molar refractivity (Wildman–Crippen MR) is 86.3 cm³/mol. The van der Waals surface area contributed by atoms with Crippen LogP contribution in [0.2, 0.25) is 0 Å². The molecule has 0 saturated heterocycles. The van der Waals surface area contributed by atoms with Gasteiger partial charge in [0.25, 0.3) is 0 Å². The van der Waals surface area contributed by atoms with Crippen LogP contribution in [-0.2, 0) is 20.6 Å². The van der Waals surface area contributed by atoms with E-state index in [4.69, 9.17) is 18.0 Å². The lowest BCUT2D eigenvalue weighted by atomic mass is 10.1. The van der Waals surface area contributed by atoms with Crippen molar-refractivity contribution in [2.45, 2.75) is 19.1 Å². The molecule has 1 aromatic rings. The maximum atomic E-state index is 12.0. The molecule has 0 aliphatic heterocycles. The van der Waals surface area contributed by atoms with Gasteiger partial charge < -0.3 is 11.1 Å². The molecule has 0 fully saturated rings. The smallest absolute Gasteiger partial charge is 0.235 e. The minimum Gasteiger partial charge on any atom is -0.389 e. The highest BCUT2D eigenvalue weighted by atomic mass is 32.2. The first-order chi connectivity index (χ1) is 9.85. The first-order valence-corrected chi connectivity index (χ1v) is 8.53. The second kappa shape index (κ2) is 8.06. The van der Waals surface area contributed by atoms with E-state index < -0.39 is 10.0 Å². The molecule has 0 aromatic heterocycles. The summed E-state index contributed by atoms with van der Waals surface area (Å²) in [5.41, 5.74) is 6.59. The molecule has 4 N–H and O–H groups in total. The third-order valence-corrected chi connectivity index (χ3v) is 4.15. The van der Waals surface area contributed by atoms with E-state index in [1.54, 1.807) is 24.3 Å². The number of amides is 1. The Kier molecular flexibility index (Phi) is 6.73. The molecule has 0 heterocycles. The Morgan fingerprint density at radius 2 is 2.00 bits per heavy atom. The van der Waals surface area contributed by atoms with Gasteiger partial charge in [-0.2, -0.15) is 0 Å². The largest absolute Gasteiger partial charge is 0.389 e. The van der Waals surface area contributed by atoms with Crippen LogP contribution in [0, 0.1) is 0 Å². The summed E-state index contributed by atoms with van der Waals surface area (Å²) >= 11 is 4.89. The molecule has 0 aliphatic rings. The average Bonchev–Trinajstić information content (AvgIpc) is 2.43. The number of sulfonamides is 1. The monoisotopic (exact) mass is 329 g/mol. The SMILES string of the molecule is CCCNC(=O)CNS(=O)(=O)Cc1ccccc1C(N)=S. The van der Waals surface area contributed by atoms with Crippen molar-refractivity contribution in [2.24, 2.45) is 5.73 Å². The van der Waals surface area contributed by atoms with Gasteiger partial charge >= 0.3 is 0 Å². The van der Waals surface area contributed by atoms with E-state index in [2.05, 4.69) is 10.0 Å². The number of benzene rings is 1. The van der Waals surface area contributed by atoms with Crippen molar-refractivity contribution in [2.75, 3.05) is 13.1 Å². The normalized spacial score (nSPS) is 11.1. The van der Waals surface area contributed by atoms with Crippen molar-refractivity contribution >= 4 is 33.1 Å². The molecule has 8 heteroatoms. The van der Waals surface area contributed by atoms with Crippen LogP contribution in [-0.4, -0.2) is 32.4 Å². The summed E-state index contributed by atoms with van der Waals surface area (Å²) in [6, 6.07) is 6.75. The highest BCUT2D eigenvalue weighted by molar-refractivity contribution is 7.88. The lowest BCUT2D eigenvalue weighted by molar-refractivity contribution is -0.119. The molecule has 116 valence electrons. The van der Waals surface area contributed by atoms with Crippen LogP contribution in [0.5, 0.6) is 0 Å². The molecule has 0 unspecified atom stereocenters. The number of hydrogen-bond acceptors (Lipinski definition) is 4. The van der Waals surface area contributed by atoms with Crippen LogP contribution in [0.3, 0.4) is 0 Å². The Morgan fingerprint density at radius 1 is 1.33 bits per heavy atom. The van der Waals surface area contributed by atoms with E-state index in [0.29, 0.717) is 17.7 Å². The number of carbonyl (C=O) groups is 1. The second-order valence-electron chi connectivity index (χ2n) is 4.45. The van der Waals surface area contributed by atoms with Gasteiger partial charge in [-0.15, -0.1) is 0 Å². The molecule has 21 heavy (non-hydrogen) atoms. The number of rotatable bonds is 8. The predicted octanol–water partition coefficient (Wildman–Crippen LogP) is 0.266. The molecule has 0 aliphatic carbocycles. The van der Waals surface area contributed by atoms with Gasteiger partial charge in [-0.05, 0) is 12.0 Å². The first kappa shape index (κ1) is 17.5. The third-order valence-electron chi connectivity index (χ3n) is 2.65. The lowest BCUT2D eigenvalue weighted by Crippen LogP contribution is -2.37. The molecule has 1 aromatic carbocycles. The summed E-state index contributed by atoms with van der Waals surface area (Å²) in [6.07, 6.45) is 0.791. The minimum atomic E-state index is -3.64. The lowest BCUT2D eigenvalue weighted by Gasteiger charge is -2.10. The van der Waals surface area contributed by atoms with Gasteiger partial charge in [0, 0.05) is 12.1 Å². The first-order valence-electron chi connectivity index (χ1n) is 6.47. The van der Waals surface area contributed by atoms with Gasteiger partial charge in [0.2, 0.25) is 15.9 Å². The van der Waals surface area contributed by atoms with Gasteiger partial charge in [-0.25, -0.2) is 13.1 Å². The van der Waals surface area contributed by atoms with Crippen LogP contribution in [0.4, 0.5) is 0 Å². The molecule has 0 spiro atoms. The Balaban J connectivity index is 2.69. The van der Waals surface area contributed by atoms with Gasteiger partial charge in [0.05, 0.1) is 12.3 Å². The van der Waals surface area contributed by atoms with Crippen molar-refractivity contribution in [1.29, 1.82) is 0 Å². The fraction of sp³-hybridized carbons (Fsp3) is 0.385.